The van der Waals surface area contributed by atoms with Gasteiger partial charge in [-0.25, -0.2) is 4.39 Å². The number of methoxy groups -OCH3 is 2. The summed E-state index contributed by atoms with van der Waals surface area (Å²) in [5, 5.41) is 2.88. The van der Waals surface area contributed by atoms with Crippen LogP contribution in [-0.2, 0) is 11.3 Å². The maximum absolute atomic E-state index is 13.1. The minimum Gasteiger partial charge on any atom is -0.497 e. The van der Waals surface area contributed by atoms with Gasteiger partial charge in [-0.05, 0) is 38.2 Å². The third kappa shape index (κ3) is 4.86. The highest BCUT2D eigenvalue weighted by molar-refractivity contribution is 6.33. The van der Waals surface area contributed by atoms with Gasteiger partial charge in [-0.1, -0.05) is 17.7 Å². The summed E-state index contributed by atoms with van der Waals surface area (Å²) in [7, 11) is 5.01. The number of likely N-dealkylation sites (N-methyl/N-ethyl adjacent to an activating group) is 1. The summed E-state index contributed by atoms with van der Waals surface area (Å²) in [6.45, 7) is 2.28. The summed E-state index contributed by atoms with van der Waals surface area (Å²) in [6, 6.07) is 8.94. The highest BCUT2D eigenvalue weighted by Gasteiger charge is 2.20. The molecule has 5 nitrogen and oxygen atoms in total. The van der Waals surface area contributed by atoms with E-state index in [9.17, 15) is 9.18 Å². The first-order valence-electron chi connectivity index (χ1n) is 8.02. The summed E-state index contributed by atoms with van der Waals surface area (Å²) < 4.78 is 23.7. The predicted molar refractivity (Wildman–Crippen MR) is 101 cm³/mol. The fraction of sp³-hybridized carbons (Fsp3) is 0.316. The zero-order chi connectivity index (χ0) is 19.3. The Bertz CT molecular complexity index is 785. The molecule has 0 heterocycles. The van der Waals surface area contributed by atoms with Gasteiger partial charge in [-0.2, -0.15) is 0 Å². The summed E-state index contributed by atoms with van der Waals surface area (Å²) in [4.78, 5) is 14.4. The first kappa shape index (κ1) is 20.0. The van der Waals surface area contributed by atoms with Crippen LogP contribution in [0.2, 0.25) is 5.02 Å². The molecule has 2 aromatic carbocycles. The lowest BCUT2D eigenvalue weighted by molar-refractivity contribution is -0.120. The molecule has 0 aromatic heterocycles. The first-order chi connectivity index (χ1) is 12.3. The van der Waals surface area contributed by atoms with Crippen molar-refractivity contribution in [2.45, 2.75) is 19.5 Å². The van der Waals surface area contributed by atoms with E-state index < -0.39 is 11.9 Å². The molecule has 140 valence electrons. The number of hydrogen-bond acceptors (Lipinski definition) is 4. The fourth-order valence-electron chi connectivity index (χ4n) is 2.42. The first-order valence-corrected chi connectivity index (χ1v) is 8.40. The molecule has 0 saturated carbocycles. The van der Waals surface area contributed by atoms with Crippen molar-refractivity contribution in [3.63, 3.8) is 0 Å². The van der Waals surface area contributed by atoms with Gasteiger partial charge in [-0.3, -0.25) is 9.69 Å². The van der Waals surface area contributed by atoms with Crippen molar-refractivity contribution < 1.29 is 18.7 Å². The van der Waals surface area contributed by atoms with Crippen LogP contribution >= 0.6 is 11.6 Å². The normalized spacial score (nSPS) is 12.0. The van der Waals surface area contributed by atoms with Gasteiger partial charge in [0.15, 0.2) is 0 Å². The number of nitrogens with one attached hydrogen (secondary N) is 1. The molecule has 1 N–H and O–H groups in total. The molecule has 0 aliphatic rings. The van der Waals surface area contributed by atoms with Crippen molar-refractivity contribution in [1.29, 1.82) is 0 Å². The van der Waals surface area contributed by atoms with E-state index in [1.165, 1.54) is 12.1 Å². The Hall–Kier alpha value is -2.31. The topological polar surface area (TPSA) is 50.8 Å². The van der Waals surface area contributed by atoms with Crippen LogP contribution in [-0.4, -0.2) is 38.1 Å². The van der Waals surface area contributed by atoms with Crippen molar-refractivity contribution in [2.75, 3.05) is 26.6 Å². The number of halogens is 2. The van der Waals surface area contributed by atoms with Crippen LogP contribution in [0.4, 0.5) is 10.1 Å². The Morgan fingerprint density at radius 1 is 1.23 bits per heavy atom. The molecule has 26 heavy (non-hydrogen) atoms. The predicted octanol–water partition coefficient (Wildman–Crippen LogP) is 3.96. The molecule has 0 aliphatic heterocycles. The lowest BCUT2D eigenvalue weighted by Gasteiger charge is -2.25. The van der Waals surface area contributed by atoms with Crippen LogP contribution < -0.4 is 14.8 Å². The van der Waals surface area contributed by atoms with E-state index in [0.29, 0.717) is 23.7 Å². The van der Waals surface area contributed by atoms with Crippen molar-refractivity contribution >= 4 is 23.2 Å². The van der Waals surface area contributed by atoms with Crippen molar-refractivity contribution in [3.8, 4) is 11.5 Å². The molecular formula is C19H22ClFN2O3. The number of hydrogen-bond donors (Lipinski definition) is 1. The van der Waals surface area contributed by atoms with Crippen LogP contribution in [0.3, 0.4) is 0 Å². The molecule has 7 heteroatoms. The van der Waals surface area contributed by atoms with E-state index in [2.05, 4.69) is 5.32 Å². The Balaban J connectivity index is 2.06. The fourth-order valence-corrected chi connectivity index (χ4v) is 2.63. The number of benzene rings is 2. The summed E-state index contributed by atoms with van der Waals surface area (Å²) in [5.41, 5.74) is 1.30. The van der Waals surface area contributed by atoms with E-state index in [-0.39, 0.29) is 10.9 Å². The van der Waals surface area contributed by atoms with E-state index in [1.807, 2.05) is 24.1 Å². The standard InChI is InChI=1S/C19H22ClFN2O3/c1-12(19(24)22-17-8-6-14(21)9-16(17)20)23(2)11-13-5-7-15(25-3)10-18(13)26-4/h5-10,12H,11H2,1-4H3,(H,22,24)/t12-/m0/s1. The third-order valence-corrected chi connectivity index (χ3v) is 4.46. The third-order valence-electron chi connectivity index (χ3n) is 4.14. The summed E-state index contributed by atoms with van der Waals surface area (Å²) >= 11 is 5.96. The Labute approximate surface area is 157 Å². The average Bonchev–Trinajstić information content (AvgIpc) is 2.63. The van der Waals surface area contributed by atoms with Gasteiger partial charge in [0.2, 0.25) is 5.91 Å². The second-order valence-electron chi connectivity index (χ2n) is 5.88. The molecule has 0 fully saturated rings. The zero-order valence-corrected chi connectivity index (χ0v) is 15.9. The van der Waals surface area contributed by atoms with Crippen molar-refractivity contribution in [1.82, 2.24) is 4.90 Å². The molecule has 0 bridgehead atoms. The molecular weight excluding hydrogens is 359 g/mol. The number of anilines is 1. The lowest BCUT2D eigenvalue weighted by Crippen LogP contribution is -2.39. The Kier molecular flexibility index (Phi) is 6.83. The smallest absolute Gasteiger partial charge is 0.241 e. The molecule has 0 spiro atoms. The van der Waals surface area contributed by atoms with Crippen molar-refractivity contribution in [2.24, 2.45) is 0 Å². The SMILES string of the molecule is COc1ccc(CN(C)[C@@H](C)C(=O)Nc2ccc(F)cc2Cl)c(OC)c1. The van der Waals surface area contributed by atoms with Gasteiger partial charge >= 0.3 is 0 Å². The monoisotopic (exact) mass is 380 g/mol. The average molecular weight is 381 g/mol. The summed E-state index contributed by atoms with van der Waals surface area (Å²) in [6.07, 6.45) is 0. The quantitative estimate of drug-likeness (QED) is 0.790. The second kappa shape index (κ2) is 8.87. The zero-order valence-electron chi connectivity index (χ0n) is 15.2. The molecule has 0 radical (unpaired) electrons. The highest BCUT2D eigenvalue weighted by Crippen LogP contribution is 2.26. The minimum atomic E-state index is -0.454. The number of carbonyl (C=O) groups is 1. The van der Waals surface area contributed by atoms with E-state index in [0.717, 1.165) is 11.6 Å². The van der Waals surface area contributed by atoms with Gasteiger partial charge in [0.1, 0.15) is 17.3 Å². The van der Waals surface area contributed by atoms with Gasteiger partial charge in [0.05, 0.1) is 31.0 Å². The number of rotatable bonds is 7. The molecule has 0 saturated heterocycles. The van der Waals surface area contributed by atoms with Crippen LogP contribution in [0.15, 0.2) is 36.4 Å². The van der Waals surface area contributed by atoms with Crippen LogP contribution in [0.25, 0.3) is 0 Å². The number of amides is 1. The highest BCUT2D eigenvalue weighted by atomic mass is 35.5. The molecule has 1 amide bonds. The van der Waals surface area contributed by atoms with E-state index in [1.54, 1.807) is 27.2 Å². The molecule has 0 unspecified atom stereocenters. The maximum Gasteiger partial charge on any atom is 0.241 e. The Morgan fingerprint density at radius 3 is 2.58 bits per heavy atom. The summed E-state index contributed by atoms with van der Waals surface area (Å²) in [5.74, 6) is 0.689. The largest absolute Gasteiger partial charge is 0.497 e. The van der Waals surface area contributed by atoms with Crippen LogP contribution in [0.1, 0.15) is 12.5 Å². The van der Waals surface area contributed by atoms with Gasteiger partial charge in [0, 0.05) is 18.2 Å². The maximum atomic E-state index is 13.1. The molecule has 0 aliphatic carbocycles. The van der Waals surface area contributed by atoms with Crippen LogP contribution in [0, 0.1) is 5.82 Å². The van der Waals surface area contributed by atoms with Crippen LogP contribution in [0.5, 0.6) is 11.5 Å². The molecule has 2 aromatic rings. The van der Waals surface area contributed by atoms with E-state index in [4.69, 9.17) is 21.1 Å². The van der Waals surface area contributed by atoms with Gasteiger partial charge in [-0.15, -0.1) is 0 Å². The minimum absolute atomic E-state index is 0.157. The Morgan fingerprint density at radius 2 is 1.96 bits per heavy atom. The van der Waals surface area contributed by atoms with Crippen molar-refractivity contribution in [3.05, 3.63) is 52.8 Å². The second-order valence-corrected chi connectivity index (χ2v) is 6.29. The van der Waals surface area contributed by atoms with E-state index >= 15 is 0 Å². The van der Waals surface area contributed by atoms with Gasteiger partial charge in [0.25, 0.3) is 0 Å². The number of carbonyl (C=O) groups excluding carboxylic acids is 1. The molecule has 1 atom stereocenters. The van der Waals surface area contributed by atoms with Gasteiger partial charge < -0.3 is 14.8 Å². The lowest BCUT2D eigenvalue weighted by atomic mass is 10.1. The number of nitrogens with zero attached hydrogens (tertiary/aromatic N) is 1. The number of ether oxygens (including phenoxy) is 2. The molecule has 2 rings (SSSR count).